The predicted molar refractivity (Wildman–Crippen MR) is 89.9 cm³/mol. The van der Waals surface area contributed by atoms with Crippen molar-refractivity contribution in [2.75, 3.05) is 20.2 Å². The third-order valence-electron chi connectivity index (χ3n) is 2.51. The number of benzene rings is 1. The summed E-state index contributed by atoms with van der Waals surface area (Å²) in [6.07, 6.45) is 1.79. The highest BCUT2D eigenvalue weighted by molar-refractivity contribution is 9.10. The van der Waals surface area contributed by atoms with Crippen LogP contribution in [0, 0.1) is 0 Å². The van der Waals surface area contributed by atoms with Gasteiger partial charge < -0.3 is 15.4 Å². The third-order valence-corrected chi connectivity index (χ3v) is 4.17. The number of rotatable bonds is 5. The van der Waals surface area contributed by atoms with Gasteiger partial charge in [-0.25, -0.2) is 0 Å². The summed E-state index contributed by atoms with van der Waals surface area (Å²) >= 11 is 9.66. The van der Waals surface area contributed by atoms with Crippen LogP contribution in [-0.2, 0) is 4.79 Å². The van der Waals surface area contributed by atoms with E-state index in [0.29, 0.717) is 15.8 Å². The van der Waals surface area contributed by atoms with Gasteiger partial charge >= 0.3 is 0 Å². The quantitative estimate of drug-likeness (QED) is 0.472. The van der Waals surface area contributed by atoms with Crippen LogP contribution >= 0.6 is 39.9 Å². The molecule has 0 aromatic heterocycles. The highest BCUT2D eigenvalue weighted by Gasteiger charge is 2.22. The summed E-state index contributed by atoms with van der Waals surface area (Å²) in [4.78, 5) is 12.3. The fourth-order valence-electron chi connectivity index (χ4n) is 1.59. The molecule has 1 saturated heterocycles. The predicted octanol–water partition coefficient (Wildman–Crippen LogP) is 2.54. The first-order valence-corrected chi connectivity index (χ1v) is 7.93. The summed E-state index contributed by atoms with van der Waals surface area (Å²) in [5, 5.41) is 5.62. The van der Waals surface area contributed by atoms with Crippen molar-refractivity contribution in [1.82, 2.24) is 10.6 Å². The Morgan fingerprint density at radius 1 is 1.55 bits per heavy atom. The van der Waals surface area contributed by atoms with Crippen molar-refractivity contribution >= 4 is 56.2 Å². The number of hydrogen-bond acceptors (Lipinski definition) is 5. The lowest BCUT2D eigenvalue weighted by molar-refractivity contribution is -0.115. The SMILES string of the molecule is CNCCOc1ccc(Br)cc1/C=C1\SC(=S)NC1=O. The molecule has 1 aliphatic rings. The number of nitrogens with one attached hydrogen (secondary N) is 2. The highest BCUT2D eigenvalue weighted by Crippen LogP contribution is 2.31. The van der Waals surface area contributed by atoms with E-state index in [1.807, 2.05) is 25.2 Å². The van der Waals surface area contributed by atoms with Crippen LogP contribution in [0.2, 0.25) is 0 Å². The molecule has 106 valence electrons. The second kappa shape index (κ2) is 7.21. The summed E-state index contributed by atoms with van der Waals surface area (Å²) in [7, 11) is 1.87. The number of thiocarbonyl (C=S) groups is 1. The Labute approximate surface area is 135 Å². The van der Waals surface area contributed by atoms with Crippen LogP contribution in [0.1, 0.15) is 5.56 Å². The van der Waals surface area contributed by atoms with E-state index in [0.717, 1.165) is 22.3 Å². The Hall–Kier alpha value is -0.890. The molecule has 1 fully saturated rings. The zero-order valence-electron chi connectivity index (χ0n) is 10.7. The van der Waals surface area contributed by atoms with Crippen molar-refractivity contribution in [3.8, 4) is 5.75 Å². The van der Waals surface area contributed by atoms with Gasteiger partial charge in [0.2, 0.25) is 0 Å². The maximum atomic E-state index is 11.7. The third kappa shape index (κ3) is 4.05. The minimum atomic E-state index is -0.166. The van der Waals surface area contributed by atoms with Gasteiger partial charge in [-0.05, 0) is 31.3 Å². The number of hydrogen-bond donors (Lipinski definition) is 2. The molecule has 20 heavy (non-hydrogen) atoms. The van der Waals surface area contributed by atoms with Crippen molar-refractivity contribution in [3.05, 3.63) is 33.1 Å². The molecule has 0 spiro atoms. The molecule has 0 saturated carbocycles. The lowest BCUT2D eigenvalue weighted by atomic mass is 10.2. The number of carbonyl (C=O) groups excluding carboxylic acids is 1. The van der Waals surface area contributed by atoms with Crippen LogP contribution < -0.4 is 15.4 Å². The number of halogens is 1. The highest BCUT2D eigenvalue weighted by atomic mass is 79.9. The standard InChI is InChI=1S/C13H13BrN2O2S2/c1-15-4-5-18-10-3-2-9(14)6-8(10)7-11-12(17)16-13(19)20-11/h2-3,6-7,15H,4-5H2,1H3,(H,16,17,19)/b11-7-. The van der Waals surface area contributed by atoms with Crippen LogP contribution in [0.15, 0.2) is 27.6 Å². The van der Waals surface area contributed by atoms with Crippen molar-refractivity contribution in [2.45, 2.75) is 0 Å². The molecule has 0 radical (unpaired) electrons. The zero-order valence-corrected chi connectivity index (χ0v) is 14.0. The van der Waals surface area contributed by atoms with E-state index in [1.165, 1.54) is 11.8 Å². The minimum absolute atomic E-state index is 0.166. The summed E-state index contributed by atoms with van der Waals surface area (Å²) in [5.41, 5.74) is 0.845. The number of ether oxygens (including phenoxy) is 1. The fraction of sp³-hybridized carbons (Fsp3) is 0.231. The molecule has 0 bridgehead atoms. The maximum absolute atomic E-state index is 11.7. The Bertz CT molecular complexity index is 575. The van der Waals surface area contributed by atoms with Crippen LogP contribution in [-0.4, -0.2) is 30.4 Å². The number of amides is 1. The largest absolute Gasteiger partial charge is 0.492 e. The number of thioether (sulfide) groups is 1. The monoisotopic (exact) mass is 372 g/mol. The second-order valence-electron chi connectivity index (χ2n) is 3.99. The fourth-order valence-corrected chi connectivity index (χ4v) is 3.00. The van der Waals surface area contributed by atoms with Gasteiger partial charge in [0.25, 0.3) is 5.91 Å². The first kappa shape index (κ1) is 15.5. The maximum Gasteiger partial charge on any atom is 0.263 e. The molecule has 2 rings (SSSR count). The summed E-state index contributed by atoms with van der Waals surface area (Å²) in [6.45, 7) is 1.32. The molecule has 0 unspecified atom stereocenters. The Morgan fingerprint density at radius 2 is 2.35 bits per heavy atom. The van der Waals surface area contributed by atoms with Gasteiger partial charge in [0.05, 0.1) is 4.91 Å². The summed E-state index contributed by atoms with van der Waals surface area (Å²) < 4.78 is 7.11. The van der Waals surface area contributed by atoms with Crippen molar-refractivity contribution in [1.29, 1.82) is 0 Å². The van der Waals surface area contributed by atoms with Crippen LogP contribution in [0.3, 0.4) is 0 Å². The Balaban J connectivity index is 2.25. The summed E-state index contributed by atoms with van der Waals surface area (Å²) in [5.74, 6) is 0.573. The molecule has 1 aromatic rings. The molecule has 4 nitrogen and oxygen atoms in total. The second-order valence-corrected chi connectivity index (χ2v) is 6.62. The van der Waals surface area contributed by atoms with E-state index in [-0.39, 0.29) is 5.91 Å². The smallest absolute Gasteiger partial charge is 0.263 e. The van der Waals surface area contributed by atoms with Crippen LogP contribution in [0.4, 0.5) is 0 Å². The molecule has 1 heterocycles. The normalized spacial score (nSPS) is 16.6. The van der Waals surface area contributed by atoms with Crippen molar-refractivity contribution < 1.29 is 9.53 Å². The molecule has 7 heteroatoms. The van der Waals surface area contributed by atoms with E-state index < -0.39 is 0 Å². The molecule has 2 N–H and O–H groups in total. The van der Waals surface area contributed by atoms with E-state index in [4.69, 9.17) is 17.0 Å². The average Bonchev–Trinajstić information content (AvgIpc) is 2.71. The van der Waals surface area contributed by atoms with Gasteiger partial charge in [0, 0.05) is 16.6 Å². The lowest BCUT2D eigenvalue weighted by Crippen LogP contribution is -2.17. The number of carbonyl (C=O) groups is 1. The minimum Gasteiger partial charge on any atom is -0.492 e. The topological polar surface area (TPSA) is 50.4 Å². The molecular formula is C13H13BrN2O2S2. The first-order chi connectivity index (χ1) is 9.60. The summed E-state index contributed by atoms with van der Waals surface area (Å²) in [6, 6.07) is 5.70. The van der Waals surface area contributed by atoms with E-state index in [9.17, 15) is 4.79 Å². The van der Waals surface area contributed by atoms with Gasteiger partial charge in [-0.1, -0.05) is 39.9 Å². The Morgan fingerprint density at radius 3 is 3.00 bits per heavy atom. The van der Waals surface area contributed by atoms with Gasteiger partial charge in [0.1, 0.15) is 16.7 Å². The first-order valence-electron chi connectivity index (χ1n) is 5.92. The molecule has 0 atom stereocenters. The van der Waals surface area contributed by atoms with Crippen LogP contribution in [0.5, 0.6) is 5.75 Å². The molecule has 1 amide bonds. The van der Waals surface area contributed by atoms with Gasteiger partial charge in [0.15, 0.2) is 0 Å². The molecule has 1 aliphatic heterocycles. The van der Waals surface area contributed by atoms with E-state index >= 15 is 0 Å². The molecule has 0 aliphatic carbocycles. The van der Waals surface area contributed by atoms with Gasteiger partial charge in [-0.15, -0.1) is 0 Å². The van der Waals surface area contributed by atoms with E-state index in [1.54, 1.807) is 6.08 Å². The zero-order chi connectivity index (χ0) is 14.5. The van der Waals surface area contributed by atoms with E-state index in [2.05, 4.69) is 26.6 Å². The molecule has 1 aromatic carbocycles. The van der Waals surface area contributed by atoms with Crippen molar-refractivity contribution in [3.63, 3.8) is 0 Å². The average molecular weight is 373 g/mol. The Kier molecular flexibility index (Phi) is 5.59. The van der Waals surface area contributed by atoms with Crippen molar-refractivity contribution in [2.24, 2.45) is 0 Å². The lowest BCUT2D eigenvalue weighted by Gasteiger charge is -2.09. The molecular weight excluding hydrogens is 360 g/mol. The van der Waals surface area contributed by atoms with Gasteiger partial charge in [-0.2, -0.15) is 0 Å². The van der Waals surface area contributed by atoms with Gasteiger partial charge in [-0.3, -0.25) is 4.79 Å². The van der Waals surface area contributed by atoms with Crippen LogP contribution in [0.25, 0.3) is 6.08 Å². The number of likely N-dealkylation sites (N-methyl/N-ethyl adjacent to an activating group) is 1.